The standard InChI is InChI=1S/C21H22N4O3/c1-13-5-10-18(14(2)11-13)23-19(26)15-6-8-16(9-7-15)22-20(27)17-12-25(3)24-21(17)28-4/h5-12H,1-4H3,(H,22,27)(H,23,26). The van der Waals surface area contributed by atoms with Gasteiger partial charge in [-0.1, -0.05) is 17.7 Å². The molecule has 7 nitrogen and oxygen atoms in total. The van der Waals surface area contributed by atoms with Gasteiger partial charge >= 0.3 is 0 Å². The molecule has 144 valence electrons. The molecular weight excluding hydrogens is 356 g/mol. The highest BCUT2D eigenvalue weighted by molar-refractivity contribution is 6.07. The Kier molecular flexibility index (Phi) is 5.44. The monoisotopic (exact) mass is 378 g/mol. The molecule has 28 heavy (non-hydrogen) atoms. The van der Waals surface area contributed by atoms with Crippen molar-refractivity contribution in [1.29, 1.82) is 0 Å². The van der Waals surface area contributed by atoms with Gasteiger partial charge in [0.2, 0.25) is 5.88 Å². The Morgan fingerprint density at radius 1 is 1.00 bits per heavy atom. The van der Waals surface area contributed by atoms with Gasteiger partial charge in [-0.05, 0) is 49.7 Å². The van der Waals surface area contributed by atoms with Crippen LogP contribution in [-0.2, 0) is 7.05 Å². The van der Waals surface area contributed by atoms with E-state index >= 15 is 0 Å². The predicted molar refractivity (Wildman–Crippen MR) is 108 cm³/mol. The summed E-state index contributed by atoms with van der Waals surface area (Å²) in [5.41, 5.74) is 4.32. The molecule has 2 amide bonds. The van der Waals surface area contributed by atoms with Gasteiger partial charge < -0.3 is 15.4 Å². The van der Waals surface area contributed by atoms with Gasteiger partial charge in [0.15, 0.2) is 0 Å². The van der Waals surface area contributed by atoms with Gasteiger partial charge in [0.25, 0.3) is 11.8 Å². The van der Waals surface area contributed by atoms with Gasteiger partial charge in [0.1, 0.15) is 5.56 Å². The summed E-state index contributed by atoms with van der Waals surface area (Å²) in [5.74, 6) is -0.291. The molecule has 0 aliphatic carbocycles. The van der Waals surface area contributed by atoms with E-state index in [0.29, 0.717) is 16.8 Å². The predicted octanol–water partition coefficient (Wildman–Crippen LogP) is 3.55. The number of carbonyl (C=O) groups is 2. The summed E-state index contributed by atoms with van der Waals surface area (Å²) in [6.07, 6.45) is 1.58. The Hall–Kier alpha value is -3.61. The van der Waals surface area contributed by atoms with E-state index < -0.39 is 0 Å². The van der Waals surface area contributed by atoms with Gasteiger partial charge in [-0.3, -0.25) is 14.3 Å². The Morgan fingerprint density at radius 3 is 2.36 bits per heavy atom. The maximum absolute atomic E-state index is 12.5. The van der Waals surface area contributed by atoms with Crippen LogP contribution in [0.2, 0.25) is 0 Å². The lowest BCUT2D eigenvalue weighted by molar-refractivity contribution is 0.101. The normalized spacial score (nSPS) is 10.4. The first kappa shape index (κ1) is 19.2. The maximum Gasteiger partial charge on any atom is 0.262 e. The van der Waals surface area contributed by atoms with Crippen LogP contribution in [0.3, 0.4) is 0 Å². The third-order valence-corrected chi connectivity index (χ3v) is 4.27. The van der Waals surface area contributed by atoms with Crippen LogP contribution in [0.25, 0.3) is 0 Å². The van der Waals surface area contributed by atoms with Crippen LogP contribution >= 0.6 is 0 Å². The van der Waals surface area contributed by atoms with Crippen molar-refractivity contribution in [2.75, 3.05) is 17.7 Å². The second kappa shape index (κ2) is 7.96. The summed E-state index contributed by atoms with van der Waals surface area (Å²) < 4.78 is 6.61. The molecule has 3 rings (SSSR count). The molecule has 0 radical (unpaired) electrons. The molecule has 0 bridgehead atoms. The third-order valence-electron chi connectivity index (χ3n) is 4.27. The number of anilines is 2. The summed E-state index contributed by atoms with van der Waals surface area (Å²) in [5, 5.41) is 9.74. The van der Waals surface area contributed by atoms with Gasteiger partial charge in [0, 0.05) is 30.2 Å². The SMILES string of the molecule is COc1nn(C)cc1C(=O)Nc1ccc(C(=O)Nc2ccc(C)cc2C)cc1. The van der Waals surface area contributed by atoms with Crippen LogP contribution in [-0.4, -0.2) is 28.7 Å². The highest BCUT2D eigenvalue weighted by Crippen LogP contribution is 2.19. The second-order valence-electron chi connectivity index (χ2n) is 6.53. The average molecular weight is 378 g/mol. The molecule has 0 fully saturated rings. The van der Waals surface area contributed by atoms with E-state index in [1.54, 1.807) is 37.5 Å². The minimum Gasteiger partial charge on any atom is -0.479 e. The van der Waals surface area contributed by atoms with Crippen LogP contribution in [0.1, 0.15) is 31.8 Å². The Morgan fingerprint density at radius 2 is 1.71 bits per heavy atom. The van der Waals surface area contributed by atoms with E-state index in [0.717, 1.165) is 16.8 Å². The average Bonchev–Trinajstić information content (AvgIpc) is 3.05. The first-order valence-corrected chi connectivity index (χ1v) is 8.75. The van der Waals surface area contributed by atoms with Gasteiger partial charge in [-0.15, -0.1) is 5.10 Å². The number of aromatic nitrogens is 2. The molecule has 1 heterocycles. The molecule has 0 atom stereocenters. The second-order valence-corrected chi connectivity index (χ2v) is 6.53. The molecule has 7 heteroatoms. The van der Waals surface area contributed by atoms with Crippen LogP contribution in [0.5, 0.6) is 5.88 Å². The van der Waals surface area contributed by atoms with E-state index in [9.17, 15) is 9.59 Å². The molecule has 2 N–H and O–H groups in total. The number of hydrogen-bond acceptors (Lipinski definition) is 4. The fraction of sp³-hybridized carbons (Fsp3) is 0.190. The molecule has 0 saturated heterocycles. The fourth-order valence-electron chi connectivity index (χ4n) is 2.83. The van der Waals surface area contributed by atoms with Crippen molar-refractivity contribution in [3.05, 3.63) is 70.9 Å². The Bertz CT molecular complexity index is 1020. The van der Waals surface area contributed by atoms with Gasteiger partial charge in [-0.2, -0.15) is 0 Å². The molecule has 1 aromatic heterocycles. The summed E-state index contributed by atoms with van der Waals surface area (Å²) in [7, 11) is 3.17. The van der Waals surface area contributed by atoms with Crippen molar-refractivity contribution in [1.82, 2.24) is 9.78 Å². The minimum absolute atomic E-state index is 0.209. The summed E-state index contributed by atoms with van der Waals surface area (Å²) in [6.45, 7) is 3.96. The lowest BCUT2D eigenvalue weighted by atomic mass is 10.1. The quantitative estimate of drug-likeness (QED) is 0.711. The zero-order valence-corrected chi connectivity index (χ0v) is 16.2. The largest absolute Gasteiger partial charge is 0.479 e. The van der Waals surface area contributed by atoms with E-state index in [1.807, 2.05) is 32.0 Å². The fourth-order valence-corrected chi connectivity index (χ4v) is 2.83. The first-order valence-electron chi connectivity index (χ1n) is 8.75. The minimum atomic E-state index is -0.336. The molecule has 3 aromatic rings. The zero-order chi connectivity index (χ0) is 20.3. The maximum atomic E-state index is 12.5. The number of nitrogens with one attached hydrogen (secondary N) is 2. The molecule has 0 unspecified atom stereocenters. The first-order chi connectivity index (χ1) is 13.4. The van der Waals surface area contributed by atoms with Crippen LogP contribution in [0.4, 0.5) is 11.4 Å². The number of amides is 2. The summed E-state index contributed by atoms with van der Waals surface area (Å²) in [6, 6.07) is 12.5. The Balaban J connectivity index is 1.69. The molecule has 0 aliphatic heterocycles. The number of aryl methyl sites for hydroxylation is 3. The van der Waals surface area contributed by atoms with Gasteiger partial charge in [0.05, 0.1) is 7.11 Å². The van der Waals surface area contributed by atoms with Gasteiger partial charge in [-0.25, -0.2) is 0 Å². The lowest BCUT2D eigenvalue weighted by Gasteiger charge is -2.10. The molecule has 0 aliphatic rings. The van der Waals surface area contributed by atoms with Crippen LogP contribution in [0, 0.1) is 13.8 Å². The molecular formula is C21H22N4O3. The number of methoxy groups -OCH3 is 1. The lowest BCUT2D eigenvalue weighted by Crippen LogP contribution is -2.14. The number of carbonyl (C=O) groups excluding carboxylic acids is 2. The van der Waals surface area contributed by atoms with Crippen molar-refractivity contribution in [2.45, 2.75) is 13.8 Å². The Labute approximate surface area is 163 Å². The number of nitrogens with zero attached hydrogens (tertiary/aromatic N) is 2. The number of hydrogen-bond donors (Lipinski definition) is 2. The van der Waals surface area contributed by atoms with Crippen molar-refractivity contribution < 1.29 is 14.3 Å². The highest BCUT2D eigenvalue weighted by atomic mass is 16.5. The molecule has 0 saturated carbocycles. The zero-order valence-electron chi connectivity index (χ0n) is 16.2. The molecule has 0 spiro atoms. The van der Waals surface area contributed by atoms with Crippen molar-refractivity contribution in [2.24, 2.45) is 7.05 Å². The highest BCUT2D eigenvalue weighted by Gasteiger charge is 2.16. The van der Waals surface area contributed by atoms with Crippen molar-refractivity contribution in [3.8, 4) is 5.88 Å². The number of ether oxygens (including phenoxy) is 1. The number of rotatable bonds is 5. The smallest absolute Gasteiger partial charge is 0.262 e. The van der Waals surface area contributed by atoms with E-state index in [-0.39, 0.29) is 17.7 Å². The van der Waals surface area contributed by atoms with Crippen molar-refractivity contribution >= 4 is 23.2 Å². The number of benzene rings is 2. The third kappa shape index (κ3) is 4.20. The molecule has 2 aromatic carbocycles. The van der Waals surface area contributed by atoms with E-state index in [1.165, 1.54) is 11.8 Å². The van der Waals surface area contributed by atoms with Crippen LogP contribution in [0.15, 0.2) is 48.7 Å². The summed E-state index contributed by atoms with van der Waals surface area (Å²) in [4.78, 5) is 24.9. The van der Waals surface area contributed by atoms with Crippen LogP contribution < -0.4 is 15.4 Å². The topological polar surface area (TPSA) is 85.2 Å². The van der Waals surface area contributed by atoms with Crippen molar-refractivity contribution in [3.63, 3.8) is 0 Å². The van der Waals surface area contributed by atoms with E-state index in [2.05, 4.69) is 15.7 Å². The van der Waals surface area contributed by atoms with E-state index in [4.69, 9.17) is 4.74 Å². The summed E-state index contributed by atoms with van der Waals surface area (Å²) >= 11 is 0.